The molecule has 2 rings (SSSR count). The van der Waals surface area contributed by atoms with Gasteiger partial charge in [0, 0.05) is 12.5 Å². The monoisotopic (exact) mass is 241 g/mol. The molecule has 1 heterocycles. The van der Waals surface area contributed by atoms with E-state index in [1.165, 1.54) is 0 Å². The minimum atomic E-state index is -0.881. The maximum absolute atomic E-state index is 12.2. The third-order valence-corrected chi connectivity index (χ3v) is 3.73. The van der Waals surface area contributed by atoms with Crippen LogP contribution >= 0.6 is 0 Å². The summed E-state index contributed by atoms with van der Waals surface area (Å²) < 4.78 is 5.26. The number of hydrogen-bond acceptors (Lipinski definition) is 3. The first-order valence-electron chi connectivity index (χ1n) is 6.02. The minimum Gasteiger partial charge on any atom is -0.481 e. The van der Waals surface area contributed by atoms with Crippen molar-refractivity contribution >= 4 is 11.9 Å². The van der Waals surface area contributed by atoms with Crippen molar-refractivity contribution < 1.29 is 19.4 Å². The average molecular weight is 241 g/mol. The molecule has 0 unspecified atom stereocenters. The molecule has 1 N–H and O–H groups in total. The number of carbonyl (C=O) groups is 2. The molecule has 1 saturated carbocycles. The molecule has 0 aromatic heterocycles. The van der Waals surface area contributed by atoms with Gasteiger partial charge in [0.15, 0.2) is 0 Å². The second-order valence-corrected chi connectivity index (χ2v) is 5.60. The summed E-state index contributed by atoms with van der Waals surface area (Å²) in [5.41, 5.74) is 0.0865. The van der Waals surface area contributed by atoms with Crippen LogP contribution in [-0.4, -0.2) is 47.7 Å². The van der Waals surface area contributed by atoms with Crippen molar-refractivity contribution in [3.05, 3.63) is 0 Å². The lowest BCUT2D eigenvalue weighted by Gasteiger charge is -2.35. The molecule has 2 fully saturated rings. The second kappa shape index (κ2) is 4.29. The zero-order chi connectivity index (χ0) is 12.6. The predicted octanol–water partition coefficient (Wildman–Crippen LogP) is 0.735. The zero-order valence-corrected chi connectivity index (χ0v) is 10.3. The fourth-order valence-electron chi connectivity index (χ4n) is 2.40. The number of ether oxygens (including phenoxy) is 1. The molecule has 2 atom stereocenters. The normalized spacial score (nSPS) is 31.1. The van der Waals surface area contributed by atoms with Crippen molar-refractivity contribution in [2.75, 3.05) is 19.8 Å². The smallest absolute Gasteiger partial charge is 0.305 e. The Labute approximate surface area is 101 Å². The molecule has 0 aromatic carbocycles. The number of morpholine rings is 1. The highest BCUT2D eigenvalue weighted by molar-refractivity contribution is 5.83. The van der Waals surface area contributed by atoms with Crippen LogP contribution in [0.1, 0.15) is 26.7 Å². The number of carboxylic acid groups (broad SMARTS) is 1. The molecular weight excluding hydrogens is 222 g/mol. The van der Waals surface area contributed by atoms with E-state index in [0.717, 1.165) is 6.42 Å². The van der Waals surface area contributed by atoms with E-state index in [4.69, 9.17) is 9.84 Å². The van der Waals surface area contributed by atoms with Gasteiger partial charge in [-0.25, -0.2) is 0 Å². The number of amides is 1. The van der Waals surface area contributed by atoms with E-state index in [2.05, 4.69) is 13.8 Å². The molecule has 1 amide bonds. The van der Waals surface area contributed by atoms with Gasteiger partial charge in [-0.2, -0.15) is 0 Å². The lowest BCUT2D eigenvalue weighted by molar-refractivity contribution is -0.147. The number of carbonyl (C=O) groups excluding carboxylic acids is 1. The van der Waals surface area contributed by atoms with Gasteiger partial charge in [0.05, 0.1) is 25.7 Å². The summed E-state index contributed by atoms with van der Waals surface area (Å²) >= 11 is 0. The highest BCUT2D eigenvalue weighted by Gasteiger charge is 2.52. The molecule has 2 aliphatic rings. The molecule has 0 aromatic rings. The first-order valence-corrected chi connectivity index (χ1v) is 6.02. The number of hydrogen-bond donors (Lipinski definition) is 1. The largest absolute Gasteiger partial charge is 0.481 e. The van der Waals surface area contributed by atoms with Crippen molar-refractivity contribution in [3.63, 3.8) is 0 Å². The topological polar surface area (TPSA) is 66.8 Å². The fourth-order valence-corrected chi connectivity index (χ4v) is 2.40. The summed E-state index contributed by atoms with van der Waals surface area (Å²) in [5.74, 6) is -0.713. The van der Waals surface area contributed by atoms with Gasteiger partial charge in [0.1, 0.15) is 0 Å². The SMILES string of the molecule is CC1(C)C[C@@H]1C(=O)N1CCOC[C@H]1CC(=O)O. The van der Waals surface area contributed by atoms with Crippen molar-refractivity contribution in [2.45, 2.75) is 32.7 Å². The van der Waals surface area contributed by atoms with Crippen molar-refractivity contribution in [1.29, 1.82) is 0 Å². The Morgan fingerprint density at radius 2 is 2.12 bits per heavy atom. The third kappa shape index (κ3) is 2.60. The Hall–Kier alpha value is -1.10. The number of rotatable bonds is 3. The maximum Gasteiger partial charge on any atom is 0.305 e. The summed E-state index contributed by atoms with van der Waals surface area (Å²) in [4.78, 5) is 24.7. The van der Waals surface area contributed by atoms with E-state index >= 15 is 0 Å². The summed E-state index contributed by atoms with van der Waals surface area (Å²) in [6.07, 6.45) is 0.877. The number of aliphatic carboxylic acids is 1. The van der Waals surface area contributed by atoms with Crippen LogP contribution in [0, 0.1) is 11.3 Å². The molecule has 0 bridgehead atoms. The predicted molar refractivity (Wildman–Crippen MR) is 60.5 cm³/mol. The van der Waals surface area contributed by atoms with Crippen LogP contribution in [0.3, 0.4) is 0 Å². The van der Waals surface area contributed by atoms with Gasteiger partial charge >= 0.3 is 5.97 Å². The van der Waals surface area contributed by atoms with Crippen LogP contribution in [0.5, 0.6) is 0 Å². The summed E-state index contributed by atoms with van der Waals surface area (Å²) in [5, 5.41) is 8.83. The standard InChI is InChI=1S/C12H19NO4/c1-12(2)6-9(12)11(16)13-3-4-17-7-8(13)5-10(14)15/h8-9H,3-7H2,1-2H3,(H,14,15)/t8-,9-/m1/s1. The van der Waals surface area contributed by atoms with Crippen LogP contribution in [-0.2, 0) is 14.3 Å². The van der Waals surface area contributed by atoms with Gasteiger partial charge < -0.3 is 14.7 Å². The highest BCUT2D eigenvalue weighted by Crippen LogP contribution is 2.52. The van der Waals surface area contributed by atoms with Crippen LogP contribution in [0.2, 0.25) is 0 Å². The van der Waals surface area contributed by atoms with E-state index in [1.54, 1.807) is 4.90 Å². The van der Waals surface area contributed by atoms with E-state index in [0.29, 0.717) is 19.8 Å². The molecular formula is C12H19NO4. The van der Waals surface area contributed by atoms with Gasteiger partial charge in [0.25, 0.3) is 0 Å². The van der Waals surface area contributed by atoms with Crippen LogP contribution in [0.15, 0.2) is 0 Å². The Kier molecular flexibility index (Phi) is 3.12. The average Bonchev–Trinajstić information content (AvgIpc) is 2.87. The first kappa shape index (κ1) is 12.4. The Morgan fingerprint density at radius 1 is 1.47 bits per heavy atom. The highest BCUT2D eigenvalue weighted by atomic mass is 16.5. The molecule has 96 valence electrons. The summed E-state index contributed by atoms with van der Waals surface area (Å²) in [6.45, 7) is 5.51. The lowest BCUT2D eigenvalue weighted by atomic mass is 10.1. The summed E-state index contributed by atoms with van der Waals surface area (Å²) in [7, 11) is 0. The van der Waals surface area contributed by atoms with Crippen LogP contribution < -0.4 is 0 Å². The quantitative estimate of drug-likeness (QED) is 0.791. The molecule has 0 spiro atoms. The van der Waals surface area contributed by atoms with Gasteiger partial charge in [-0.05, 0) is 11.8 Å². The number of nitrogens with zero attached hydrogens (tertiary/aromatic N) is 1. The van der Waals surface area contributed by atoms with Crippen molar-refractivity contribution in [2.24, 2.45) is 11.3 Å². The van der Waals surface area contributed by atoms with Crippen molar-refractivity contribution in [1.82, 2.24) is 4.90 Å². The third-order valence-electron chi connectivity index (χ3n) is 3.73. The molecule has 5 nitrogen and oxygen atoms in total. The second-order valence-electron chi connectivity index (χ2n) is 5.60. The molecule has 1 saturated heterocycles. The van der Waals surface area contributed by atoms with Gasteiger partial charge in [0.2, 0.25) is 5.91 Å². The zero-order valence-electron chi connectivity index (χ0n) is 10.3. The first-order chi connectivity index (χ1) is 7.92. The Morgan fingerprint density at radius 3 is 2.65 bits per heavy atom. The van der Waals surface area contributed by atoms with E-state index in [-0.39, 0.29) is 29.7 Å². The molecule has 0 radical (unpaired) electrons. The molecule has 17 heavy (non-hydrogen) atoms. The molecule has 1 aliphatic heterocycles. The van der Waals surface area contributed by atoms with Gasteiger partial charge in [-0.15, -0.1) is 0 Å². The van der Waals surface area contributed by atoms with E-state index in [1.807, 2.05) is 0 Å². The van der Waals surface area contributed by atoms with E-state index < -0.39 is 5.97 Å². The van der Waals surface area contributed by atoms with Crippen molar-refractivity contribution in [3.8, 4) is 0 Å². The Balaban J connectivity index is 2.01. The maximum atomic E-state index is 12.2. The minimum absolute atomic E-state index is 0.0289. The summed E-state index contributed by atoms with van der Waals surface area (Å²) in [6, 6.07) is -0.301. The Bertz CT molecular complexity index is 339. The van der Waals surface area contributed by atoms with Gasteiger partial charge in [-0.1, -0.05) is 13.8 Å². The van der Waals surface area contributed by atoms with E-state index in [9.17, 15) is 9.59 Å². The lowest BCUT2D eigenvalue weighted by Crippen LogP contribution is -2.50. The molecule has 5 heteroatoms. The number of carboxylic acids is 1. The van der Waals surface area contributed by atoms with Crippen LogP contribution in [0.25, 0.3) is 0 Å². The van der Waals surface area contributed by atoms with Gasteiger partial charge in [-0.3, -0.25) is 9.59 Å². The molecule has 1 aliphatic carbocycles. The van der Waals surface area contributed by atoms with Crippen LogP contribution in [0.4, 0.5) is 0 Å². The fraction of sp³-hybridized carbons (Fsp3) is 0.833.